The zero-order valence-corrected chi connectivity index (χ0v) is 6.01. The van der Waals surface area contributed by atoms with Gasteiger partial charge in [-0.25, -0.2) is 0 Å². The molecule has 0 rings (SSSR count). The molecule has 0 aliphatic carbocycles. The van der Waals surface area contributed by atoms with Gasteiger partial charge < -0.3 is 15.9 Å². The molecule has 0 aromatic rings. The number of rotatable bonds is 5. The molecule has 4 N–H and O–H groups in total. The molecule has 0 spiro atoms. The van der Waals surface area contributed by atoms with Crippen LogP contribution in [0.4, 0.5) is 0 Å². The van der Waals surface area contributed by atoms with Crippen LogP contribution in [0.15, 0.2) is 0 Å². The van der Waals surface area contributed by atoms with Crippen molar-refractivity contribution in [3.63, 3.8) is 0 Å². The summed E-state index contributed by atoms with van der Waals surface area (Å²) in [6.07, 6.45) is 2.52. The first-order valence-corrected chi connectivity index (χ1v) is 3.34. The predicted octanol–water partition coefficient (Wildman–Crippen LogP) is -0.835. The number of aliphatic hydroxyl groups is 1. The number of unbranched alkanes of at least 4 members (excludes halogenated alkanes) is 1. The van der Waals surface area contributed by atoms with Gasteiger partial charge in [-0.3, -0.25) is 0 Å². The summed E-state index contributed by atoms with van der Waals surface area (Å²) in [7, 11) is 0. The van der Waals surface area contributed by atoms with Crippen LogP contribution in [0.2, 0.25) is 0 Å². The lowest BCUT2D eigenvalue weighted by atomic mass is 10.3. The van der Waals surface area contributed by atoms with Gasteiger partial charge in [-0.2, -0.15) is 0 Å². The molecule has 0 aliphatic heterocycles. The number of hydrogen-bond donors (Lipinski definition) is 2. The highest BCUT2D eigenvalue weighted by Crippen LogP contribution is 1.76. The van der Waals surface area contributed by atoms with E-state index in [9.17, 15) is 0 Å². The first kappa shape index (κ1) is 11.6. The second-order valence-electron chi connectivity index (χ2n) is 1.94. The van der Waals surface area contributed by atoms with E-state index in [2.05, 4.69) is 12.2 Å². The van der Waals surface area contributed by atoms with Crippen LogP contribution in [0.5, 0.6) is 0 Å². The van der Waals surface area contributed by atoms with Crippen molar-refractivity contribution in [3.8, 4) is 0 Å². The first-order chi connectivity index (χ1) is 3.91. The van der Waals surface area contributed by atoms with E-state index in [4.69, 9.17) is 5.11 Å². The SMILES string of the molecule is CCCC[NH2+]CCO.[OH-]. The Morgan fingerprint density at radius 3 is 2.44 bits per heavy atom. The highest BCUT2D eigenvalue weighted by molar-refractivity contribution is 4.25. The molecular weight excluding hydrogens is 118 g/mol. The summed E-state index contributed by atoms with van der Waals surface area (Å²) in [5, 5.41) is 10.5. The summed E-state index contributed by atoms with van der Waals surface area (Å²) >= 11 is 0. The molecule has 58 valence electrons. The monoisotopic (exact) mass is 135 g/mol. The summed E-state index contributed by atoms with van der Waals surface area (Å²) in [5.74, 6) is 0. The lowest BCUT2D eigenvalue weighted by Crippen LogP contribution is -2.85. The fraction of sp³-hybridized carbons (Fsp3) is 1.00. The summed E-state index contributed by atoms with van der Waals surface area (Å²) in [6, 6.07) is 0. The third-order valence-electron chi connectivity index (χ3n) is 1.10. The van der Waals surface area contributed by atoms with Crippen molar-refractivity contribution in [1.29, 1.82) is 0 Å². The van der Waals surface area contributed by atoms with E-state index in [1.165, 1.54) is 12.8 Å². The fourth-order valence-corrected chi connectivity index (χ4v) is 0.584. The van der Waals surface area contributed by atoms with Gasteiger partial charge in [0, 0.05) is 0 Å². The van der Waals surface area contributed by atoms with Crippen molar-refractivity contribution < 1.29 is 15.9 Å². The third-order valence-corrected chi connectivity index (χ3v) is 1.10. The van der Waals surface area contributed by atoms with Crippen LogP contribution in [-0.2, 0) is 0 Å². The quantitative estimate of drug-likeness (QED) is 0.483. The van der Waals surface area contributed by atoms with Crippen molar-refractivity contribution in [3.05, 3.63) is 0 Å². The molecule has 0 atom stereocenters. The molecule has 0 radical (unpaired) electrons. The van der Waals surface area contributed by atoms with Gasteiger partial charge in [0.2, 0.25) is 0 Å². The lowest BCUT2D eigenvalue weighted by Gasteiger charge is -1.94. The average molecular weight is 135 g/mol. The number of hydrogen-bond acceptors (Lipinski definition) is 2. The highest BCUT2D eigenvalue weighted by Gasteiger charge is 1.84. The smallest absolute Gasteiger partial charge is 0.0990 e. The van der Waals surface area contributed by atoms with Gasteiger partial charge in [0.05, 0.1) is 19.7 Å². The van der Waals surface area contributed by atoms with Gasteiger partial charge in [-0.1, -0.05) is 13.3 Å². The minimum atomic E-state index is 0. The third kappa shape index (κ3) is 11.4. The van der Waals surface area contributed by atoms with Crippen molar-refractivity contribution >= 4 is 0 Å². The van der Waals surface area contributed by atoms with Crippen LogP contribution in [-0.4, -0.2) is 30.3 Å². The standard InChI is InChI=1S/C6H15NO.H2O/c1-2-3-4-7-5-6-8;/h7-8H,2-6H2,1H3;1H2. The topological polar surface area (TPSA) is 66.8 Å². The Balaban J connectivity index is 0. The van der Waals surface area contributed by atoms with Crippen LogP contribution >= 0.6 is 0 Å². The molecule has 3 heteroatoms. The second-order valence-corrected chi connectivity index (χ2v) is 1.94. The van der Waals surface area contributed by atoms with Gasteiger partial charge in [0.15, 0.2) is 0 Å². The van der Waals surface area contributed by atoms with E-state index in [-0.39, 0.29) is 5.48 Å². The van der Waals surface area contributed by atoms with E-state index in [1.807, 2.05) is 0 Å². The van der Waals surface area contributed by atoms with Gasteiger partial charge in [-0.15, -0.1) is 0 Å². The molecule has 0 aromatic carbocycles. The van der Waals surface area contributed by atoms with E-state index in [1.54, 1.807) is 0 Å². The van der Waals surface area contributed by atoms with Crippen LogP contribution in [0.3, 0.4) is 0 Å². The summed E-state index contributed by atoms with van der Waals surface area (Å²) < 4.78 is 0. The predicted molar refractivity (Wildman–Crippen MR) is 35.6 cm³/mol. The molecule has 0 heterocycles. The Morgan fingerprint density at radius 2 is 2.00 bits per heavy atom. The molecule has 0 aliphatic rings. The number of nitrogens with two attached hydrogens (primary N) is 1. The Labute approximate surface area is 56.4 Å². The van der Waals surface area contributed by atoms with Crippen LogP contribution in [0.1, 0.15) is 19.8 Å². The fourth-order valence-electron chi connectivity index (χ4n) is 0.584. The van der Waals surface area contributed by atoms with E-state index >= 15 is 0 Å². The average Bonchev–Trinajstić information content (AvgIpc) is 1.81. The molecule has 0 unspecified atom stereocenters. The minimum absolute atomic E-state index is 0. The zero-order valence-electron chi connectivity index (χ0n) is 6.01. The lowest BCUT2D eigenvalue weighted by molar-refractivity contribution is -0.656. The Hall–Kier alpha value is -0.120. The minimum Gasteiger partial charge on any atom is -0.870 e. The second kappa shape index (κ2) is 10.8. The Morgan fingerprint density at radius 1 is 1.33 bits per heavy atom. The van der Waals surface area contributed by atoms with Gasteiger partial charge in [0.1, 0.15) is 0 Å². The van der Waals surface area contributed by atoms with Crippen molar-refractivity contribution in [1.82, 2.24) is 0 Å². The molecule has 9 heavy (non-hydrogen) atoms. The summed E-state index contributed by atoms with van der Waals surface area (Å²) in [6.45, 7) is 4.51. The van der Waals surface area contributed by atoms with E-state index in [0.717, 1.165) is 13.1 Å². The number of quaternary nitrogens is 1. The molecule has 0 amide bonds. The van der Waals surface area contributed by atoms with E-state index in [0.29, 0.717) is 6.61 Å². The Kier molecular flexibility index (Phi) is 14.0. The largest absolute Gasteiger partial charge is 0.870 e. The van der Waals surface area contributed by atoms with Crippen molar-refractivity contribution in [2.24, 2.45) is 0 Å². The normalized spacial score (nSPS) is 8.67. The van der Waals surface area contributed by atoms with Gasteiger partial charge >= 0.3 is 0 Å². The summed E-state index contributed by atoms with van der Waals surface area (Å²) in [4.78, 5) is 0. The molecule has 0 aromatic heterocycles. The molecule has 0 fully saturated rings. The maximum atomic E-state index is 8.33. The van der Waals surface area contributed by atoms with Crippen LogP contribution in [0.25, 0.3) is 0 Å². The molecular formula is C6H17NO2. The van der Waals surface area contributed by atoms with E-state index < -0.39 is 0 Å². The zero-order chi connectivity index (χ0) is 6.24. The molecule has 3 nitrogen and oxygen atoms in total. The highest BCUT2D eigenvalue weighted by atomic mass is 16.3. The maximum absolute atomic E-state index is 8.33. The maximum Gasteiger partial charge on any atom is 0.0990 e. The number of aliphatic hydroxyl groups excluding tert-OH is 1. The van der Waals surface area contributed by atoms with Crippen molar-refractivity contribution in [2.45, 2.75) is 19.8 Å². The van der Waals surface area contributed by atoms with Crippen LogP contribution in [0, 0.1) is 0 Å². The van der Waals surface area contributed by atoms with Gasteiger partial charge in [-0.05, 0) is 6.42 Å². The summed E-state index contributed by atoms with van der Waals surface area (Å²) in [5.41, 5.74) is 0. The van der Waals surface area contributed by atoms with Crippen LogP contribution < -0.4 is 5.32 Å². The van der Waals surface area contributed by atoms with Gasteiger partial charge in [0.25, 0.3) is 0 Å². The van der Waals surface area contributed by atoms with Crippen molar-refractivity contribution in [2.75, 3.05) is 19.7 Å². The molecule has 0 saturated heterocycles. The molecule has 0 saturated carbocycles. The first-order valence-electron chi connectivity index (χ1n) is 3.34. The molecule has 0 bridgehead atoms. The Bertz CT molecular complexity index is 36.0.